The topological polar surface area (TPSA) is 60.0 Å². The number of likely N-dealkylation sites (tertiary alicyclic amines) is 1. The first-order valence-corrected chi connectivity index (χ1v) is 10.5. The fourth-order valence-corrected chi connectivity index (χ4v) is 3.38. The molecule has 0 atom stereocenters. The van der Waals surface area contributed by atoms with Crippen LogP contribution in [0.3, 0.4) is 0 Å². The zero-order chi connectivity index (χ0) is 20.4. The number of hydrogen-bond donors (Lipinski definition) is 2. The van der Waals surface area contributed by atoms with Crippen molar-refractivity contribution >= 4 is 35.8 Å². The van der Waals surface area contributed by atoms with Crippen molar-refractivity contribution in [1.29, 1.82) is 0 Å². The standard InChI is InChI=1S/C22H37N5O.HI/c1-18-11-15-27(16-12-18)14-6-5-13-24-22(23-2)25-17-19-7-9-20(10-8-19)21(28)26(3)4;/h7-10,18H,5-6,11-17H2,1-4H3,(H2,23,24,25);1H. The minimum Gasteiger partial charge on any atom is -0.356 e. The van der Waals surface area contributed by atoms with Gasteiger partial charge in [-0.05, 0) is 68.9 Å². The summed E-state index contributed by atoms with van der Waals surface area (Å²) in [6, 6.07) is 7.71. The van der Waals surface area contributed by atoms with E-state index in [2.05, 4.69) is 27.4 Å². The lowest BCUT2D eigenvalue weighted by Crippen LogP contribution is -2.38. The molecule has 1 amide bonds. The van der Waals surface area contributed by atoms with Gasteiger partial charge in [-0.3, -0.25) is 9.79 Å². The number of amides is 1. The molecule has 0 saturated carbocycles. The lowest BCUT2D eigenvalue weighted by atomic mass is 9.99. The van der Waals surface area contributed by atoms with Crippen molar-refractivity contribution in [3.05, 3.63) is 35.4 Å². The van der Waals surface area contributed by atoms with Crippen molar-refractivity contribution < 1.29 is 4.79 Å². The molecular formula is C22H38IN5O. The lowest BCUT2D eigenvalue weighted by molar-refractivity contribution is 0.0827. The molecule has 0 bridgehead atoms. The number of halogens is 1. The minimum atomic E-state index is 0. The molecule has 0 aromatic heterocycles. The fraction of sp³-hybridized carbons (Fsp3) is 0.636. The van der Waals surface area contributed by atoms with Gasteiger partial charge in [-0.2, -0.15) is 0 Å². The first-order chi connectivity index (χ1) is 13.5. The van der Waals surface area contributed by atoms with Gasteiger partial charge in [-0.1, -0.05) is 19.1 Å². The van der Waals surface area contributed by atoms with Gasteiger partial charge in [0.1, 0.15) is 0 Å². The predicted molar refractivity (Wildman–Crippen MR) is 132 cm³/mol. The summed E-state index contributed by atoms with van der Waals surface area (Å²) in [4.78, 5) is 20.4. The van der Waals surface area contributed by atoms with Gasteiger partial charge in [0.25, 0.3) is 5.91 Å². The molecule has 164 valence electrons. The van der Waals surface area contributed by atoms with E-state index in [1.807, 2.05) is 24.3 Å². The van der Waals surface area contributed by atoms with Crippen LogP contribution in [0.4, 0.5) is 0 Å². The Morgan fingerprint density at radius 3 is 2.38 bits per heavy atom. The van der Waals surface area contributed by atoms with E-state index in [-0.39, 0.29) is 29.9 Å². The Bertz CT molecular complexity index is 625. The first-order valence-electron chi connectivity index (χ1n) is 10.5. The van der Waals surface area contributed by atoms with E-state index in [0.717, 1.165) is 30.4 Å². The predicted octanol–water partition coefficient (Wildman–Crippen LogP) is 3.18. The SMILES string of the molecule is CN=C(NCCCCN1CCC(C)CC1)NCc1ccc(C(=O)N(C)C)cc1.I. The molecule has 0 unspecified atom stereocenters. The van der Waals surface area contributed by atoms with Crippen LogP contribution in [-0.4, -0.2) is 69.0 Å². The Labute approximate surface area is 193 Å². The van der Waals surface area contributed by atoms with Gasteiger partial charge in [0.2, 0.25) is 0 Å². The number of nitrogens with zero attached hydrogens (tertiary/aromatic N) is 3. The zero-order valence-electron chi connectivity index (χ0n) is 18.4. The summed E-state index contributed by atoms with van der Waals surface area (Å²) in [5, 5.41) is 6.72. The van der Waals surface area contributed by atoms with E-state index in [0.29, 0.717) is 12.1 Å². The number of hydrogen-bond acceptors (Lipinski definition) is 3. The van der Waals surface area contributed by atoms with Gasteiger partial charge in [-0.25, -0.2) is 0 Å². The van der Waals surface area contributed by atoms with Crippen molar-refractivity contribution in [2.24, 2.45) is 10.9 Å². The highest BCUT2D eigenvalue weighted by atomic mass is 127. The van der Waals surface area contributed by atoms with Crippen LogP contribution in [0, 0.1) is 5.92 Å². The molecule has 0 radical (unpaired) electrons. The maximum absolute atomic E-state index is 11.9. The summed E-state index contributed by atoms with van der Waals surface area (Å²) in [5.74, 6) is 1.74. The van der Waals surface area contributed by atoms with Gasteiger partial charge in [-0.15, -0.1) is 24.0 Å². The van der Waals surface area contributed by atoms with Crippen LogP contribution in [0.25, 0.3) is 0 Å². The number of aliphatic imine (C=N–C) groups is 1. The Morgan fingerprint density at radius 2 is 1.79 bits per heavy atom. The van der Waals surface area contributed by atoms with Crippen molar-refractivity contribution in [2.75, 3.05) is 47.3 Å². The van der Waals surface area contributed by atoms with Crippen molar-refractivity contribution in [3.8, 4) is 0 Å². The highest BCUT2D eigenvalue weighted by Gasteiger charge is 2.14. The molecule has 1 aromatic rings. The molecule has 0 spiro atoms. The molecule has 1 saturated heterocycles. The second-order valence-corrected chi connectivity index (χ2v) is 7.98. The molecular weight excluding hydrogens is 477 g/mol. The number of rotatable bonds is 8. The monoisotopic (exact) mass is 515 g/mol. The molecule has 1 heterocycles. The van der Waals surface area contributed by atoms with Crippen LogP contribution in [0.5, 0.6) is 0 Å². The van der Waals surface area contributed by atoms with Crippen LogP contribution in [0.1, 0.15) is 48.5 Å². The molecule has 6 nitrogen and oxygen atoms in total. The van der Waals surface area contributed by atoms with Crippen LogP contribution in [0.15, 0.2) is 29.3 Å². The van der Waals surface area contributed by atoms with Crippen molar-refractivity contribution in [3.63, 3.8) is 0 Å². The maximum atomic E-state index is 11.9. The molecule has 1 aromatic carbocycles. The van der Waals surface area contributed by atoms with Crippen molar-refractivity contribution in [2.45, 2.75) is 39.2 Å². The first kappa shape index (κ1) is 25.7. The number of nitrogens with one attached hydrogen (secondary N) is 2. The molecule has 7 heteroatoms. The van der Waals surface area contributed by atoms with Gasteiger partial charge in [0.15, 0.2) is 5.96 Å². The summed E-state index contributed by atoms with van der Waals surface area (Å²) in [6.07, 6.45) is 5.06. The average Bonchev–Trinajstić information content (AvgIpc) is 2.71. The largest absolute Gasteiger partial charge is 0.356 e. The van der Waals surface area contributed by atoms with Crippen LogP contribution >= 0.6 is 24.0 Å². The van der Waals surface area contributed by atoms with Crippen molar-refractivity contribution in [1.82, 2.24) is 20.4 Å². The van der Waals surface area contributed by atoms with Crippen LogP contribution < -0.4 is 10.6 Å². The highest BCUT2D eigenvalue weighted by molar-refractivity contribution is 14.0. The third-order valence-corrected chi connectivity index (χ3v) is 5.36. The lowest BCUT2D eigenvalue weighted by Gasteiger charge is -2.30. The molecule has 1 fully saturated rings. The van der Waals surface area contributed by atoms with E-state index in [1.165, 1.54) is 38.9 Å². The molecule has 0 aliphatic carbocycles. The van der Waals surface area contributed by atoms with E-state index in [4.69, 9.17) is 0 Å². The second kappa shape index (κ2) is 13.8. The summed E-state index contributed by atoms with van der Waals surface area (Å²) in [6.45, 7) is 7.70. The molecule has 1 aliphatic rings. The normalized spacial score (nSPS) is 15.5. The minimum absolute atomic E-state index is 0. The molecule has 2 rings (SSSR count). The van der Waals surface area contributed by atoms with E-state index >= 15 is 0 Å². The number of benzene rings is 1. The Balaban J connectivity index is 0.00000420. The molecule has 2 N–H and O–H groups in total. The fourth-order valence-electron chi connectivity index (χ4n) is 3.38. The number of carbonyl (C=O) groups excluding carboxylic acids is 1. The van der Waals surface area contributed by atoms with Gasteiger partial charge in [0, 0.05) is 39.8 Å². The summed E-state index contributed by atoms with van der Waals surface area (Å²) in [7, 11) is 5.32. The Hall–Kier alpha value is -1.35. The zero-order valence-corrected chi connectivity index (χ0v) is 20.7. The highest BCUT2D eigenvalue weighted by Crippen LogP contribution is 2.16. The van der Waals surface area contributed by atoms with Gasteiger partial charge >= 0.3 is 0 Å². The summed E-state index contributed by atoms with van der Waals surface area (Å²) in [5.41, 5.74) is 1.83. The third-order valence-electron chi connectivity index (χ3n) is 5.36. The summed E-state index contributed by atoms with van der Waals surface area (Å²) >= 11 is 0. The smallest absolute Gasteiger partial charge is 0.253 e. The maximum Gasteiger partial charge on any atom is 0.253 e. The van der Waals surface area contributed by atoms with Gasteiger partial charge in [0.05, 0.1) is 0 Å². The van der Waals surface area contributed by atoms with E-state index in [9.17, 15) is 4.79 Å². The van der Waals surface area contributed by atoms with Crippen LogP contribution in [-0.2, 0) is 6.54 Å². The number of unbranched alkanes of at least 4 members (excludes halogenated alkanes) is 1. The number of guanidine groups is 1. The van der Waals surface area contributed by atoms with E-state index in [1.54, 1.807) is 26.0 Å². The second-order valence-electron chi connectivity index (χ2n) is 7.98. The quantitative estimate of drug-likeness (QED) is 0.242. The number of piperidine rings is 1. The van der Waals surface area contributed by atoms with Crippen LogP contribution in [0.2, 0.25) is 0 Å². The third kappa shape index (κ3) is 9.33. The molecule has 1 aliphatic heterocycles. The summed E-state index contributed by atoms with van der Waals surface area (Å²) < 4.78 is 0. The Morgan fingerprint density at radius 1 is 1.14 bits per heavy atom. The Kier molecular flexibility index (Phi) is 12.2. The van der Waals surface area contributed by atoms with Gasteiger partial charge < -0.3 is 20.4 Å². The van der Waals surface area contributed by atoms with E-state index < -0.39 is 0 Å². The molecule has 29 heavy (non-hydrogen) atoms. The number of carbonyl (C=O) groups is 1. The average molecular weight is 515 g/mol.